The number of hydrazine groups is 1. The molecule has 0 aliphatic carbocycles. The number of nitrogen functional groups attached to an aromatic ring is 1. The van der Waals surface area contributed by atoms with Crippen LogP contribution in [0, 0.1) is 0 Å². The minimum atomic E-state index is 0.303. The minimum absolute atomic E-state index is 0.303. The first kappa shape index (κ1) is 15.2. The Morgan fingerprint density at radius 1 is 1.33 bits per heavy atom. The largest absolute Gasteiger partial charge is 0.436 e. The van der Waals surface area contributed by atoms with Gasteiger partial charge in [-0.3, -0.25) is 4.68 Å². The van der Waals surface area contributed by atoms with Crippen molar-refractivity contribution in [2.45, 2.75) is 33.4 Å². The smallest absolute Gasteiger partial charge is 0.224 e. The van der Waals surface area contributed by atoms with E-state index in [2.05, 4.69) is 27.4 Å². The van der Waals surface area contributed by atoms with Gasteiger partial charge in [0.1, 0.15) is 12.4 Å². The Bertz CT molecular complexity index is 572. The van der Waals surface area contributed by atoms with E-state index in [1.54, 1.807) is 12.3 Å². The summed E-state index contributed by atoms with van der Waals surface area (Å²) in [5.74, 6) is 7.38. The standard InChI is InChI=1S/C13H20N6O2/c1-3-5-19-8-10(7-15-19)21-13-6-11(18-14)16-12(17-13)9-20-4-2/h6-8H,3-5,9,14H2,1-2H3,(H,16,17,18). The van der Waals surface area contributed by atoms with Crippen molar-refractivity contribution in [1.29, 1.82) is 0 Å². The molecule has 0 aliphatic rings. The summed E-state index contributed by atoms with van der Waals surface area (Å²) in [5.41, 5.74) is 2.49. The number of rotatable bonds is 8. The molecule has 0 amide bonds. The van der Waals surface area contributed by atoms with Crippen LogP contribution in [0.4, 0.5) is 5.82 Å². The van der Waals surface area contributed by atoms with Gasteiger partial charge in [-0.2, -0.15) is 10.1 Å². The molecule has 0 unspecified atom stereocenters. The van der Waals surface area contributed by atoms with Crippen LogP contribution >= 0.6 is 0 Å². The van der Waals surface area contributed by atoms with Gasteiger partial charge in [0.15, 0.2) is 11.6 Å². The molecule has 2 aromatic heterocycles. The highest BCUT2D eigenvalue weighted by atomic mass is 16.5. The molecule has 0 saturated carbocycles. The second kappa shape index (κ2) is 7.55. The van der Waals surface area contributed by atoms with Gasteiger partial charge in [-0.1, -0.05) is 6.92 Å². The number of hydrogen-bond acceptors (Lipinski definition) is 7. The number of hydrogen-bond donors (Lipinski definition) is 2. The number of nitrogens with two attached hydrogens (primary N) is 1. The second-order valence-electron chi connectivity index (χ2n) is 4.33. The van der Waals surface area contributed by atoms with E-state index in [9.17, 15) is 0 Å². The van der Waals surface area contributed by atoms with E-state index in [0.29, 0.717) is 36.5 Å². The first-order chi connectivity index (χ1) is 10.2. The summed E-state index contributed by atoms with van der Waals surface area (Å²) in [4.78, 5) is 8.47. The van der Waals surface area contributed by atoms with Gasteiger partial charge in [-0.25, -0.2) is 10.8 Å². The molecule has 2 aromatic rings. The van der Waals surface area contributed by atoms with Crippen LogP contribution in [0.5, 0.6) is 11.6 Å². The van der Waals surface area contributed by atoms with E-state index in [0.717, 1.165) is 13.0 Å². The molecule has 3 N–H and O–H groups in total. The number of aromatic nitrogens is 4. The van der Waals surface area contributed by atoms with Crippen LogP contribution in [0.1, 0.15) is 26.1 Å². The highest BCUT2D eigenvalue weighted by molar-refractivity contribution is 5.38. The molecule has 2 heterocycles. The fourth-order valence-electron chi connectivity index (χ4n) is 1.73. The van der Waals surface area contributed by atoms with E-state index in [1.807, 2.05) is 17.8 Å². The molecule has 2 rings (SSSR count). The van der Waals surface area contributed by atoms with Crippen molar-refractivity contribution in [3.63, 3.8) is 0 Å². The quantitative estimate of drug-likeness (QED) is 0.564. The summed E-state index contributed by atoms with van der Waals surface area (Å²) in [6.07, 6.45) is 4.48. The third-order valence-electron chi connectivity index (χ3n) is 2.62. The normalized spacial score (nSPS) is 10.6. The Morgan fingerprint density at radius 2 is 2.19 bits per heavy atom. The Hall–Kier alpha value is -2.19. The van der Waals surface area contributed by atoms with Gasteiger partial charge in [-0.05, 0) is 13.3 Å². The molecule has 8 heteroatoms. The number of nitrogens with one attached hydrogen (secondary N) is 1. The Balaban J connectivity index is 2.13. The van der Waals surface area contributed by atoms with Gasteiger partial charge >= 0.3 is 0 Å². The van der Waals surface area contributed by atoms with Crippen LogP contribution in [-0.4, -0.2) is 26.4 Å². The Labute approximate surface area is 123 Å². The topological polar surface area (TPSA) is 100 Å². The molecule has 0 bridgehead atoms. The maximum atomic E-state index is 5.68. The van der Waals surface area contributed by atoms with Crippen LogP contribution in [0.15, 0.2) is 18.5 Å². The predicted octanol–water partition coefficient (Wildman–Crippen LogP) is 1.70. The average molecular weight is 292 g/mol. The van der Waals surface area contributed by atoms with Crippen LogP contribution in [-0.2, 0) is 17.9 Å². The molecule has 0 fully saturated rings. The van der Waals surface area contributed by atoms with Gasteiger partial charge in [0.25, 0.3) is 0 Å². The molecule has 114 valence electrons. The lowest BCUT2D eigenvalue weighted by atomic mass is 10.5. The molecule has 0 spiro atoms. The molecule has 0 saturated heterocycles. The number of nitrogens with zero attached hydrogens (tertiary/aromatic N) is 4. The SMILES string of the molecule is CCCn1cc(Oc2cc(NN)nc(COCC)n2)cn1. The maximum Gasteiger partial charge on any atom is 0.224 e. The van der Waals surface area contributed by atoms with Crippen molar-refractivity contribution in [1.82, 2.24) is 19.7 Å². The van der Waals surface area contributed by atoms with Gasteiger partial charge in [-0.15, -0.1) is 0 Å². The summed E-state index contributed by atoms with van der Waals surface area (Å²) in [6, 6.07) is 1.62. The second-order valence-corrected chi connectivity index (χ2v) is 4.33. The highest BCUT2D eigenvalue weighted by Crippen LogP contribution is 2.21. The molecule has 0 aromatic carbocycles. The number of ether oxygens (including phenoxy) is 2. The molecule has 0 aliphatic heterocycles. The van der Waals surface area contributed by atoms with Gasteiger partial charge < -0.3 is 14.9 Å². The maximum absolute atomic E-state index is 5.68. The number of aryl methyl sites for hydroxylation is 1. The monoisotopic (exact) mass is 292 g/mol. The van der Waals surface area contributed by atoms with E-state index in [1.165, 1.54) is 0 Å². The van der Waals surface area contributed by atoms with Crippen molar-refractivity contribution in [3.05, 3.63) is 24.3 Å². The van der Waals surface area contributed by atoms with E-state index >= 15 is 0 Å². The third kappa shape index (κ3) is 4.40. The van der Waals surface area contributed by atoms with Crippen LogP contribution in [0.3, 0.4) is 0 Å². The van der Waals surface area contributed by atoms with Crippen LogP contribution in [0.2, 0.25) is 0 Å². The summed E-state index contributed by atoms with van der Waals surface area (Å²) < 4.78 is 12.8. The van der Waals surface area contributed by atoms with Crippen molar-refractivity contribution in [3.8, 4) is 11.6 Å². The van der Waals surface area contributed by atoms with E-state index in [-0.39, 0.29) is 0 Å². The van der Waals surface area contributed by atoms with E-state index < -0.39 is 0 Å². The van der Waals surface area contributed by atoms with Gasteiger partial charge in [0, 0.05) is 19.2 Å². The zero-order valence-corrected chi connectivity index (χ0v) is 12.2. The van der Waals surface area contributed by atoms with Crippen LogP contribution in [0.25, 0.3) is 0 Å². The highest BCUT2D eigenvalue weighted by Gasteiger charge is 2.08. The van der Waals surface area contributed by atoms with Crippen molar-refractivity contribution < 1.29 is 9.47 Å². The summed E-state index contributed by atoms with van der Waals surface area (Å²) >= 11 is 0. The van der Waals surface area contributed by atoms with Gasteiger partial charge in [0.05, 0.1) is 12.4 Å². The lowest BCUT2D eigenvalue weighted by Crippen LogP contribution is -2.11. The Morgan fingerprint density at radius 3 is 2.90 bits per heavy atom. The first-order valence-corrected chi connectivity index (χ1v) is 6.87. The summed E-state index contributed by atoms with van der Waals surface area (Å²) in [6.45, 7) is 5.73. The first-order valence-electron chi connectivity index (χ1n) is 6.87. The average Bonchev–Trinajstić information content (AvgIpc) is 2.92. The zero-order chi connectivity index (χ0) is 15.1. The fourth-order valence-corrected chi connectivity index (χ4v) is 1.73. The lowest BCUT2D eigenvalue weighted by Gasteiger charge is -2.07. The zero-order valence-electron chi connectivity index (χ0n) is 12.2. The van der Waals surface area contributed by atoms with Crippen molar-refractivity contribution >= 4 is 5.82 Å². The minimum Gasteiger partial charge on any atom is -0.436 e. The Kier molecular flexibility index (Phi) is 5.47. The molecular weight excluding hydrogens is 272 g/mol. The van der Waals surface area contributed by atoms with Gasteiger partial charge in [0.2, 0.25) is 5.88 Å². The summed E-state index contributed by atoms with van der Waals surface area (Å²) in [5, 5.41) is 4.20. The molecular formula is C13H20N6O2. The predicted molar refractivity (Wildman–Crippen MR) is 77.8 cm³/mol. The fraction of sp³-hybridized carbons (Fsp3) is 0.462. The van der Waals surface area contributed by atoms with Crippen molar-refractivity contribution in [2.24, 2.45) is 5.84 Å². The van der Waals surface area contributed by atoms with Crippen LogP contribution < -0.4 is 16.0 Å². The summed E-state index contributed by atoms with van der Waals surface area (Å²) in [7, 11) is 0. The molecule has 0 radical (unpaired) electrons. The molecule has 21 heavy (non-hydrogen) atoms. The number of anilines is 1. The lowest BCUT2D eigenvalue weighted by molar-refractivity contribution is 0.128. The molecule has 0 atom stereocenters. The third-order valence-corrected chi connectivity index (χ3v) is 2.62. The van der Waals surface area contributed by atoms with Crippen molar-refractivity contribution in [2.75, 3.05) is 12.0 Å². The molecule has 8 nitrogen and oxygen atoms in total. The van der Waals surface area contributed by atoms with E-state index in [4.69, 9.17) is 15.3 Å².